The molecule has 1 aromatic carbocycles. The molecule has 1 fully saturated rings. The van der Waals surface area contributed by atoms with Crippen molar-refractivity contribution in [3.8, 4) is 0 Å². The van der Waals surface area contributed by atoms with E-state index in [-0.39, 0.29) is 5.91 Å². The number of imidazole rings is 1. The van der Waals surface area contributed by atoms with Crippen molar-refractivity contribution in [1.29, 1.82) is 0 Å². The molecule has 1 aromatic heterocycles. The summed E-state index contributed by atoms with van der Waals surface area (Å²) < 4.78 is 2.14. The number of carbonyl (C=O) groups excluding carboxylic acids is 1. The first-order valence-corrected chi connectivity index (χ1v) is 9.62. The van der Waals surface area contributed by atoms with Gasteiger partial charge in [0.1, 0.15) is 5.82 Å². The van der Waals surface area contributed by atoms with Crippen molar-refractivity contribution in [3.05, 3.63) is 29.6 Å². The SMILES string of the molecule is CCn1c(C)nc2cc(C(=O)NN=C3CCC(C(C)(C)C)CC3)ccc21. The van der Waals surface area contributed by atoms with Crippen LogP contribution in [0.5, 0.6) is 0 Å². The maximum absolute atomic E-state index is 12.5. The minimum Gasteiger partial charge on any atom is -0.329 e. The fourth-order valence-corrected chi connectivity index (χ4v) is 3.91. The van der Waals surface area contributed by atoms with E-state index in [0.29, 0.717) is 11.0 Å². The molecule has 1 heterocycles. The average molecular weight is 354 g/mol. The van der Waals surface area contributed by atoms with Crippen LogP contribution >= 0.6 is 0 Å². The van der Waals surface area contributed by atoms with E-state index < -0.39 is 0 Å². The van der Waals surface area contributed by atoms with Gasteiger partial charge in [-0.3, -0.25) is 4.79 Å². The Morgan fingerprint density at radius 3 is 2.62 bits per heavy atom. The van der Waals surface area contributed by atoms with Crippen LogP contribution in [0.1, 0.15) is 69.6 Å². The quantitative estimate of drug-likeness (QED) is 0.813. The molecule has 2 aromatic rings. The zero-order chi connectivity index (χ0) is 18.9. The zero-order valence-corrected chi connectivity index (χ0v) is 16.6. The number of fused-ring (bicyclic) bond motifs is 1. The molecule has 3 rings (SSSR count). The maximum Gasteiger partial charge on any atom is 0.271 e. The molecule has 5 nitrogen and oxygen atoms in total. The second kappa shape index (κ2) is 7.22. The molecule has 0 radical (unpaired) electrons. The highest BCUT2D eigenvalue weighted by molar-refractivity contribution is 5.98. The number of rotatable bonds is 3. The van der Waals surface area contributed by atoms with Gasteiger partial charge in [0.15, 0.2) is 0 Å². The van der Waals surface area contributed by atoms with E-state index in [2.05, 4.69) is 47.8 Å². The van der Waals surface area contributed by atoms with Crippen LogP contribution < -0.4 is 5.43 Å². The predicted molar refractivity (Wildman–Crippen MR) is 106 cm³/mol. The third-order valence-electron chi connectivity index (χ3n) is 5.62. The normalized spacial score (nSPS) is 18.2. The van der Waals surface area contributed by atoms with E-state index in [1.54, 1.807) is 0 Å². The first-order chi connectivity index (χ1) is 12.3. The summed E-state index contributed by atoms with van der Waals surface area (Å²) in [5, 5.41) is 4.39. The lowest BCUT2D eigenvalue weighted by molar-refractivity contribution is 0.0954. The second-order valence-electron chi connectivity index (χ2n) is 8.37. The summed E-state index contributed by atoms with van der Waals surface area (Å²) in [4.78, 5) is 17.0. The van der Waals surface area contributed by atoms with Crippen LogP contribution in [0.15, 0.2) is 23.3 Å². The Kier molecular flexibility index (Phi) is 5.17. The molecular weight excluding hydrogens is 324 g/mol. The lowest BCUT2D eigenvalue weighted by Gasteiger charge is -2.34. The maximum atomic E-state index is 12.5. The van der Waals surface area contributed by atoms with Gasteiger partial charge >= 0.3 is 0 Å². The standard InChI is InChI=1S/C21H30N4O/c1-6-25-14(2)22-18-13-15(7-12-19(18)25)20(26)24-23-17-10-8-16(9-11-17)21(3,4)5/h7,12-13,16H,6,8-11H2,1-5H3,(H,24,26). The van der Waals surface area contributed by atoms with Crippen LogP contribution in [0, 0.1) is 18.3 Å². The smallest absolute Gasteiger partial charge is 0.271 e. The summed E-state index contributed by atoms with van der Waals surface area (Å²) in [6.45, 7) is 11.9. The highest BCUT2D eigenvalue weighted by atomic mass is 16.2. The number of amides is 1. The number of aromatic nitrogens is 2. The van der Waals surface area contributed by atoms with Crippen LogP contribution in [0.25, 0.3) is 11.0 Å². The third kappa shape index (κ3) is 3.81. The summed E-state index contributed by atoms with van der Waals surface area (Å²) >= 11 is 0. The molecule has 1 N–H and O–H groups in total. The van der Waals surface area contributed by atoms with Crippen molar-refractivity contribution in [3.63, 3.8) is 0 Å². The van der Waals surface area contributed by atoms with Crippen LogP contribution in [0.4, 0.5) is 0 Å². The van der Waals surface area contributed by atoms with Gasteiger partial charge in [0.05, 0.1) is 11.0 Å². The van der Waals surface area contributed by atoms with Gasteiger partial charge in [0, 0.05) is 17.8 Å². The molecule has 0 unspecified atom stereocenters. The van der Waals surface area contributed by atoms with E-state index in [9.17, 15) is 4.79 Å². The second-order valence-corrected chi connectivity index (χ2v) is 8.37. The van der Waals surface area contributed by atoms with Crippen molar-refractivity contribution in [2.45, 2.75) is 66.8 Å². The van der Waals surface area contributed by atoms with Crippen molar-refractivity contribution >= 4 is 22.7 Å². The molecule has 0 saturated heterocycles. The van der Waals surface area contributed by atoms with E-state index in [1.165, 1.54) is 0 Å². The largest absolute Gasteiger partial charge is 0.329 e. The first kappa shape index (κ1) is 18.6. The van der Waals surface area contributed by atoms with E-state index in [1.807, 2.05) is 25.1 Å². The Morgan fingerprint density at radius 1 is 1.31 bits per heavy atom. The highest BCUT2D eigenvalue weighted by Gasteiger charge is 2.28. The van der Waals surface area contributed by atoms with Gasteiger partial charge in [-0.2, -0.15) is 5.10 Å². The predicted octanol–water partition coefficient (Wildman–Crippen LogP) is 4.69. The number of nitrogens with one attached hydrogen (secondary N) is 1. The number of hydrazone groups is 1. The topological polar surface area (TPSA) is 59.3 Å². The molecule has 0 bridgehead atoms. The summed E-state index contributed by atoms with van der Waals surface area (Å²) in [6, 6.07) is 5.66. The van der Waals surface area contributed by atoms with E-state index >= 15 is 0 Å². The molecule has 1 aliphatic carbocycles. The lowest BCUT2D eigenvalue weighted by Crippen LogP contribution is -2.27. The summed E-state index contributed by atoms with van der Waals surface area (Å²) in [7, 11) is 0. The number of hydrogen-bond donors (Lipinski definition) is 1. The number of benzene rings is 1. The fourth-order valence-electron chi connectivity index (χ4n) is 3.91. The molecular formula is C21H30N4O. The molecule has 0 atom stereocenters. The van der Waals surface area contributed by atoms with Crippen LogP contribution in [0.2, 0.25) is 0 Å². The first-order valence-electron chi connectivity index (χ1n) is 9.62. The molecule has 1 saturated carbocycles. The summed E-state index contributed by atoms with van der Waals surface area (Å²) in [6.07, 6.45) is 4.25. The van der Waals surface area contributed by atoms with Gasteiger partial charge in [-0.1, -0.05) is 20.8 Å². The van der Waals surface area contributed by atoms with Gasteiger partial charge in [-0.15, -0.1) is 0 Å². The van der Waals surface area contributed by atoms with Gasteiger partial charge in [0.25, 0.3) is 5.91 Å². The molecule has 1 amide bonds. The number of hydrogen-bond acceptors (Lipinski definition) is 3. The summed E-state index contributed by atoms with van der Waals surface area (Å²) in [5.74, 6) is 1.54. The zero-order valence-electron chi connectivity index (χ0n) is 16.6. The molecule has 26 heavy (non-hydrogen) atoms. The molecule has 5 heteroatoms. The minimum absolute atomic E-state index is 0.166. The Bertz CT molecular complexity index is 832. The average Bonchev–Trinajstić information content (AvgIpc) is 2.93. The fraction of sp³-hybridized carbons (Fsp3) is 0.571. The molecule has 0 aliphatic heterocycles. The lowest BCUT2D eigenvalue weighted by atomic mass is 9.72. The van der Waals surface area contributed by atoms with Crippen molar-refractivity contribution in [2.75, 3.05) is 0 Å². The Hall–Kier alpha value is -2.17. The third-order valence-corrected chi connectivity index (χ3v) is 5.62. The van der Waals surface area contributed by atoms with Crippen molar-refractivity contribution in [1.82, 2.24) is 15.0 Å². The van der Waals surface area contributed by atoms with Crippen molar-refractivity contribution < 1.29 is 4.79 Å². The van der Waals surface area contributed by atoms with E-state index in [0.717, 1.165) is 60.7 Å². The van der Waals surface area contributed by atoms with Crippen LogP contribution in [-0.2, 0) is 6.54 Å². The Morgan fingerprint density at radius 2 is 2.00 bits per heavy atom. The number of aryl methyl sites for hydroxylation is 2. The van der Waals surface area contributed by atoms with Crippen LogP contribution in [-0.4, -0.2) is 21.2 Å². The van der Waals surface area contributed by atoms with E-state index in [4.69, 9.17) is 0 Å². The van der Waals surface area contributed by atoms with Crippen LogP contribution in [0.3, 0.4) is 0 Å². The molecule has 0 spiro atoms. The number of nitrogens with zero attached hydrogens (tertiary/aromatic N) is 3. The van der Waals surface area contributed by atoms with Gasteiger partial charge < -0.3 is 4.57 Å². The molecule has 140 valence electrons. The van der Waals surface area contributed by atoms with Gasteiger partial charge in [-0.05, 0) is 69.1 Å². The van der Waals surface area contributed by atoms with Crippen molar-refractivity contribution in [2.24, 2.45) is 16.4 Å². The molecule has 1 aliphatic rings. The Labute approximate surface area is 155 Å². The van der Waals surface area contributed by atoms with Gasteiger partial charge in [0.2, 0.25) is 0 Å². The monoisotopic (exact) mass is 354 g/mol. The minimum atomic E-state index is -0.166. The van der Waals surface area contributed by atoms with Gasteiger partial charge in [-0.25, -0.2) is 10.4 Å². The Balaban J connectivity index is 1.66. The highest BCUT2D eigenvalue weighted by Crippen LogP contribution is 2.36. The number of carbonyl (C=O) groups is 1. The summed E-state index contributed by atoms with van der Waals surface area (Å²) in [5.41, 5.74) is 6.71.